The molecule has 0 aromatic heterocycles. The van der Waals surface area contributed by atoms with Gasteiger partial charge in [-0.2, -0.15) is 0 Å². The van der Waals surface area contributed by atoms with Gasteiger partial charge in [0.1, 0.15) is 0 Å². The predicted molar refractivity (Wildman–Crippen MR) is 80.9 cm³/mol. The second kappa shape index (κ2) is 5.92. The molecule has 0 atom stereocenters. The Morgan fingerprint density at radius 3 is 1.81 bits per heavy atom. The van der Waals surface area contributed by atoms with Gasteiger partial charge in [-0.15, -0.1) is 0 Å². The molecule has 106 valence electrons. The minimum absolute atomic E-state index is 0.0138. The number of benzene rings is 2. The summed E-state index contributed by atoms with van der Waals surface area (Å²) in [6, 6.07) is 20.3. The standard InChI is InChI=1S/C18H17NO2/c20-16-11-18(21)19(12-16)13-17(14-7-3-1-4-8-14)15-9-5-2-6-10-15/h1-10,17H,11-13H2. The summed E-state index contributed by atoms with van der Waals surface area (Å²) in [7, 11) is 0. The SMILES string of the molecule is O=C1CC(=O)N(CC(c2ccccc2)c2ccccc2)C1. The van der Waals surface area contributed by atoms with Crippen molar-refractivity contribution in [3.8, 4) is 0 Å². The average Bonchev–Trinajstić information content (AvgIpc) is 2.84. The van der Waals surface area contributed by atoms with E-state index in [2.05, 4.69) is 24.3 Å². The summed E-state index contributed by atoms with van der Waals surface area (Å²) in [5.74, 6) is 0.0546. The van der Waals surface area contributed by atoms with Gasteiger partial charge in [0, 0.05) is 12.5 Å². The summed E-state index contributed by atoms with van der Waals surface area (Å²) in [4.78, 5) is 25.0. The highest BCUT2D eigenvalue weighted by molar-refractivity contribution is 6.05. The van der Waals surface area contributed by atoms with Crippen LogP contribution in [0.25, 0.3) is 0 Å². The van der Waals surface area contributed by atoms with Gasteiger partial charge in [-0.1, -0.05) is 60.7 Å². The third-order valence-electron chi connectivity index (χ3n) is 3.88. The molecule has 0 spiro atoms. The third kappa shape index (κ3) is 3.02. The molecule has 1 fully saturated rings. The van der Waals surface area contributed by atoms with E-state index < -0.39 is 0 Å². The van der Waals surface area contributed by atoms with E-state index in [0.29, 0.717) is 6.54 Å². The lowest BCUT2D eigenvalue weighted by Crippen LogP contribution is -2.30. The van der Waals surface area contributed by atoms with Crippen molar-refractivity contribution in [2.24, 2.45) is 0 Å². The van der Waals surface area contributed by atoms with Gasteiger partial charge in [0.05, 0.1) is 13.0 Å². The number of carbonyl (C=O) groups is 2. The highest BCUT2D eigenvalue weighted by Crippen LogP contribution is 2.26. The number of carbonyl (C=O) groups excluding carboxylic acids is 2. The Kier molecular flexibility index (Phi) is 3.82. The summed E-state index contributed by atoms with van der Waals surface area (Å²) >= 11 is 0. The first-order chi connectivity index (χ1) is 10.2. The van der Waals surface area contributed by atoms with Crippen molar-refractivity contribution in [3.63, 3.8) is 0 Å². The van der Waals surface area contributed by atoms with Crippen molar-refractivity contribution in [1.82, 2.24) is 4.90 Å². The van der Waals surface area contributed by atoms with E-state index in [-0.39, 0.29) is 30.6 Å². The molecule has 1 heterocycles. The summed E-state index contributed by atoms with van der Waals surface area (Å²) < 4.78 is 0. The zero-order valence-corrected chi connectivity index (χ0v) is 11.7. The lowest BCUT2D eigenvalue weighted by Gasteiger charge is -2.24. The van der Waals surface area contributed by atoms with Crippen molar-refractivity contribution < 1.29 is 9.59 Å². The second-order valence-corrected chi connectivity index (χ2v) is 5.36. The highest BCUT2D eigenvalue weighted by atomic mass is 16.2. The number of hydrogen-bond donors (Lipinski definition) is 0. The van der Waals surface area contributed by atoms with Gasteiger partial charge in [-0.05, 0) is 11.1 Å². The minimum Gasteiger partial charge on any atom is -0.334 e. The Bertz CT molecular complexity index is 597. The average molecular weight is 279 g/mol. The van der Waals surface area contributed by atoms with Crippen LogP contribution in [-0.2, 0) is 9.59 Å². The first kappa shape index (κ1) is 13.6. The van der Waals surface area contributed by atoms with Gasteiger partial charge in [-0.3, -0.25) is 9.59 Å². The zero-order valence-electron chi connectivity index (χ0n) is 11.7. The minimum atomic E-state index is -0.0585. The van der Waals surface area contributed by atoms with E-state index in [1.807, 2.05) is 36.4 Å². The summed E-state index contributed by atoms with van der Waals surface area (Å²) in [5, 5.41) is 0. The number of rotatable bonds is 4. The van der Waals surface area contributed by atoms with Crippen LogP contribution in [0.5, 0.6) is 0 Å². The fourth-order valence-electron chi connectivity index (χ4n) is 2.80. The van der Waals surface area contributed by atoms with Crippen LogP contribution < -0.4 is 0 Å². The quantitative estimate of drug-likeness (QED) is 0.807. The molecule has 1 saturated heterocycles. The van der Waals surface area contributed by atoms with Gasteiger partial charge in [0.15, 0.2) is 5.78 Å². The molecule has 2 aromatic carbocycles. The molecule has 1 amide bonds. The second-order valence-electron chi connectivity index (χ2n) is 5.36. The normalized spacial score (nSPS) is 15.0. The van der Waals surface area contributed by atoms with Gasteiger partial charge < -0.3 is 4.90 Å². The van der Waals surface area contributed by atoms with Gasteiger partial charge in [0.2, 0.25) is 5.91 Å². The molecular formula is C18H17NO2. The number of nitrogens with zero attached hydrogens (tertiary/aromatic N) is 1. The number of hydrogen-bond acceptors (Lipinski definition) is 2. The van der Waals surface area contributed by atoms with Crippen LogP contribution in [0, 0.1) is 0 Å². The molecule has 0 N–H and O–H groups in total. The summed E-state index contributed by atoms with van der Waals surface area (Å²) in [6.45, 7) is 0.799. The van der Waals surface area contributed by atoms with E-state index >= 15 is 0 Å². The van der Waals surface area contributed by atoms with Crippen molar-refractivity contribution in [2.45, 2.75) is 12.3 Å². The third-order valence-corrected chi connectivity index (χ3v) is 3.88. The summed E-state index contributed by atoms with van der Waals surface area (Å²) in [5.41, 5.74) is 2.33. The maximum atomic E-state index is 11.9. The van der Waals surface area contributed by atoms with E-state index in [9.17, 15) is 9.59 Å². The lowest BCUT2D eigenvalue weighted by atomic mass is 9.91. The fraction of sp³-hybridized carbons (Fsp3) is 0.222. The molecule has 0 saturated carbocycles. The molecule has 1 aliphatic rings. The van der Waals surface area contributed by atoms with E-state index in [1.165, 1.54) is 0 Å². The van der Waals surface area contributed by atoms with E-state index in [0.717, 1.165) is 11.1 Å². The van der Waals surface area contributed by atoms with Crippen molar-refractivity contribution in [2.75, 3.05) is 13.1 Å². The number of Topliss-reactive ketones (excluding diaryl/α,β-unsaturated/α-hetero) is 1. The summed E-state index contributed by atoms with van der Waals surface area (Å²) in [6.07, 6.45) is 0.0519. The molecule has 3 nitrogen and oxygen atoms in total. The molecule has 1 aliphatic heterocycles. The van der Waals surface area contributed by atoms with Crippen LogP contribution in [0.3, 0.4) is 0 Å². The largest absolute Gasteiger partial charge is 0.334 e. The van der Waals surface area contributed by atoms with Crippen LogP contribution in [-0.4, -0.2) is 29.7 Å². The van der Waals surface area contributed by atoms with Gasteiger partial charge in [0.25, 0.3) is 0 Å². The fourth-order valence-corrected chi connectivity index (χ4v) is 2.80. The molecule has 21 heavy (non-hydrogen) atoms. The Hall–Kier alpha value is -2.42. The van der Waals surface area contributed by atoms with Gasteiger partial charge >= 0.3 is 0 Å². The number of ketones is 1. The molecular weight excluding hydrogens is 262 g/mol. The zero-order chi connectivity index (χ0) is 14.7. The first-order valence-corrected chi connectivity index (χ1v) is 7.13. The maximum Gasteiger partial charge on any atom is 0.230 e. The van der Waals surface area contributed by atoms with Crippen molar-refractivity contribution >= 4 is 11.7 Å². The van der Waals surface area contributed by atoms with E-state index in [1.54, 1.807) is 4.90 Å². The molecule has 0 bridgehead atoms. The Balaban J connectivity index is 1.90. The van der Waals surface area contributed by atoms with Crippen LogP contribution in [0.15, 0.2) is 60.7 Å². The molecule has 2 aromatic rings. The molecule has 0 unspecified atom stereocenters. The smallest absolute Gasteiger partial charge is 0.230 e. The van der Waals surface area contributed by atoms with Crippen LogP contribution in [0.4, 0.5) is 0 Å². The van der Waals surface area contributed by atoms with Crippen LogP contribution in [0.1, 0.15) is 23.5 Å². The number of amides is 1. The van der Waals surface area contributed by atoms with Gasteiger partial charge in [-0.25, -0.2) is 0 Å². The Morgan fingerprint density at radius 2 is 1.38 bits per heavy atom. The maximum absolute atomic E-state index is 11.9. The molecule has 0 radical (unpaired) electrons. The number of likely N-dealkylation sites (tertiary alicyclic amines) is 1. The highest BCUT2D eigenvalue weighted by Gasteiger charge is 2.30. The van der Waals surface area contributed by atoms with Crippen molar-refractivity contribution in [3.05, 3.63) is 71.8 Å². The molecule has 0 aliphatic carbocycles. The topological polar surface area (TPSA) is 37.4 Å². The van der Waals surface area contributed by atoms with E-state index in [4.69, 9.17) is 0 Å². The lowest BCUT2D eigenvalue weighted by molar-refractivity contribution is -0.128. The monoisotopic (exact) mass is 279 g/mol. The molecule has 3 heteroatoms. The molecule has 3 rings (SSSR count). The predicted octanol–water partition coefficient (Wildman–Crippen LogP) is 2.62. The van der Waals surface area contributed by atoms with Crippen LogP contribution in [0.2, 0.25) is 0 Å². The van der Waals surface area contributed by atoms with Crippen LogP contribution >= 0.6 is 0 Å². The first-order valence-electron chi connectivity index (χ1n) is 7.13. The van der Waals surface area contributed by atoms with Crippen molar-refractivity contribution in [1.29, 1.82) is 0 Å². The Labute approximate surface area is 124 Å². The Morgan fingerprint density at radius 1 is 0.857 bits per heavy atom.